The summed E-state index contributed by atoms with van der Waals surface area (Å²) in [4.78, 5) is 16.6. The Bertz CT molecular complexity index is 143. The molecule has 0 aromatic heterocycles. The van der Waals surface area contributed by atoms with Crippen LogP contribution in [0.4, 0.5) is 0 Å². The van der Waals surface area contributed by atoms with Gasteiger partial charge >= 0.3 is 59.0 Å². The number of rotatable bonds is 1. The zero-order valence-electron chi connectivity index (χ0n) is 4.31. The van der Waals surface area contributed by atoms with Crippen LogP contribution in [0.5, 0.6) is 0 Å². The first-order valence-corrected chi connectivity index (χ1v) is 3.90. The Kier molecular flexibility index (Phi) is 4.09. The van der Waals surface area contributed by atoms with E-state index in [1.54, 1.807) is 6.92 Å². The van der Waals surface area contributed by atoms with E-state index < -0.39 is 13.4 Å². The van der Waals surface area contributed by atoms with Gasteiger partial charge in [0, 0.05) is 0 Å². The van der Waals surface area contributed by atoms with E-state index in [1.165, 1.54) is 0 Å². The quantitative estimate of drug-likeness (QED) is 0.315. The fourth-order valence-corrected chi connectivity index (χ4v) is 1.42. The average molecular weight is 178 g/mol. The Morgan fingerprint density at radius 3 is 1.89 bits per heavy atom. The monoisotopic (exact) mass is 178 g/mol. The maximum absolute atomic E-state index is 10.2. The van der Waals surface area contributed by atoms with Gasteiger partial charge < -0.3 is 14.5 Å². The van der Waals surface area contributed by atoms with Crippen molar-refractivity contribution >= 4 is 59.0 Å². The first-order chi connectivity index (χ1) is 3.52. The van der Waals surface area contributed by atoms with Crippen molar-refractivity contribution < 1.29 is 19.1 Å². The molecule has 4 nitrogen and oxygen atoms in total. The van der Waals surface area contributed by atoms with Crippen molar-refractivity contribution in [2.24, 2.45) is 0 Å². The van der Waals surface area contributed by atoms with Gasteiger partial charge in [-0.2, -0.15) is 0 Å². The molecule has 2 atom stereocenters. The van der Waals surface area contributed by atoms with Crippen molar-refractivity contribution in [2.45, 2.75) is 18.9 Å². The Morgan fingerprint density at radius 1 is 1.56 bits per heavy atom. The first-order valence-electron chi connectivity index (χ1n) is 2.22. The molecule has 1 aliphatic heterocycles. The number of hydrogen-bond donors (Lipinski definition) is 2. The Labute approximate surface area is 95.6 Å². The van der Waals surface area contributed by atoms with Gasteiger partial charge in [-0.05, 0) is 6.92 Å². The molecule has 2 N–H and O–H groups in total. The fraction of sp³-hybridized carbons (Fsp3) is 1.00. The van der Waals surface area contributed by atoms with Crippen molar-refractivity contribution in [2.75, 3.05) is 0 Å². The molecule has 50 valence electrons. The average Bonchev–Trinajstić information content (AvgIpc) is 2.13. The van der Waals surface area contributed by atoms with Gasteiger partial charge in [-0.25, -0.2) is 0 Å². The zero-order valence-corrected chi connectivity index (χ0v) is 5.21. The third kappa shape index (κ3) is 3.10. The minimum atomic E-state index is -3.90. The molecule has 0 saturated carbocycles. The summed E-state index contributed by atoms with van der Waals surface area (Å²) in [6.07, 6.45) is -0.254. The van der Waals surface area contributed by atoms with E-state index in [0.29, 0.717) is 0 Å². The third-order valence-electron chi connectivity index (χ3n) is 1.01. The molecule has 0 bridgehead atoms. The molecule has 0 aromatic rings. The summed E-state index contributed by atoms with van der Waals surface area (Å²) in [7, 11) is -3.90. The summed E-state index contributed by atoms with van der Waals surface area (Å²) in [5.41, 5.74) is 0. The van der Waals surface area contributed by atoms with Gasteiger partial charge in [-0.1, -0.05) is 0 Å². The van der Waals surface area contributed by atoms with E-state index in [1.807, 2.05) is 0 Å². The van der Waals surface area contributed by atoms with Crippen LogP contribution in [0.3, 0.4) is 0 Å². The molecule has 1 fully saturated rings. The summed E-state index contributed by atoms with van der Waals surface area (Å²) >= 11 is 0. The van der Waals surface area contributed by atoms with Gasteiger partial charge in [0.25, 0.3) is 0 Å². The maximum atomic E-state index is 10.2. The summed E-state index contributed by atoms with van der Waals surface area (Å²) in [5, 5.41) is 0. The molecule has 0 aromatic carbocycles. The Morgan fingerprint density at radius 2 is 1.89 bits per heavy atom. The van der Waals surface area contributed by atoms with Crippen LogP contribution >= 0.6 is 7.60 Å². The molecule has 0 spiro atoms. The van der Waals surface area contributed by atoms with Crippen LogP contribution in [0, 0.1) is 0 Å². The van der Waals surface area contributed by atoms with Gasteiger partial charge in [0.1, 0.15) is 0 Å². The molecule has 9 heavy (non-hydrogen) atoms. The van der Waals surface area contributed by atoms with E-state index in [-0.39, 0.29) is 57.5 Å². The summed E-state index contributed by atoms with van der Waals surface area (Å²) < 4.78 is 14.7. The molecular weight excluding hydrogens is 170 g/mol. The molecule has 0 radical (unpaired) electrons. The number of hydrogen-bond acceptors (Lipinski definition) is 2. The molecule has 1 aliphatic rings. The summed E-state index contributed by atoms with van der Waals surface area (Å²) in [6.45, 7) is 1.63. The topological polar surface area (TPSA) is 70.1 Å². The van der Waals surface area contributed by atoms with E-state index >= 15 is 0 Å². The van der Waals surface area contributed by atoms with E-state index in [0.717, 1.165) is 0 Å². The van der Waals surface area contributed by atoms with Gasteiger partial charge in [-0.3, -0.25) is 4.57 Å². The molecule has 0 aliphatic carbocycles. The van der Waals surface area contributed by atoms with E-state index in [2.05, 4.69) is 4.74 Å². The van der Waals surface area contributed by atoms with Gasteiger partial charge in [0.05, 0.1) is 6.10 Å². The standard InChI is InChI=1S/C3H7O4P.K.H/c1-2-3(7-2)8(4,5)6;;/h2-3H,1H3,(H2,4,5,6);;/t2-,3+;;/m0../s1. The molecule has 0 amide bonds. The van der Waals surface area contributed by atoms with Crippen molar-refractivity contribution in [3.63, 3.8) is 0 Å². The van der Waals surface area contributed by atoms with E-state index in [9.17, 15) is 4.57 Å². The third-order valence-corrected chi connectivity index (χ3v) is 2.22. The Hall–Kier alpha value is 1.75. The van der Waals surface area contributed by atoms with Crippen molar-refractivity contribution in [3.05, 3.63) is 0 Å². The predicted octanol–water partition coefficient (Wildman–Crippen LogP) is -0.740. The zero-order chi connectivity index (χ0) is 6.36. The normalized spacial score (nSPS) is 33.2. The summed E-state index contributed by atoms with van der Waals surface area (Å²) in [6, 6.07) is 0. The number of epoxide rings is 1. The van der Waals surface area contributed by atoms with Crippen LogP contribution in [0.2, 0.25) is 0 Å². The molecule has 1 rings (SSSR count). The van der Waals surface area contributed by atoms with Crippen LogP contribution < -0.4 is 0 Å². The van der Waals surface area contributed by atoms with Gasteiger partial charge in [-0.15, -0.1) is 0 Å². The van der Waals surface area contributed by atoms with Crippen molar-refractivity contribution in [3.8, 4) is 0 Å². The number of ether oxygens (including phenoxy) is 1. The van der Waals surface area contributed by atoms with Crippen LogP contribution in [0.1, 0.15) is 6.92 Å². The van der Waals surface area contributed by atoms with E-state index in [4.69, 9.17) is 9.79 Å². The van der Waals surface area contributed by atoms with Crippen LogP contribution in [0.25, 0.3) is 0 Å². The second-order valence-corrected chi connectivity index (χ2v) is 3.51. The van der Waals surface area contributed by atoms with Crippen molar-refractivity contribution in [1.82, 2.24) is 0 Å². The van der Waals surface area contributed by atoms with Crippen molar-refractivity contribution in [1.29, 1.82) is 0 Å². The van der Waals surface area contributed by atoms with Crippen LogP contribution in [0.15, 0.2) is 0 Å². The molecule has 1 heterocycles. The fourth-order valence-electron chi connectivity index (χ4n) is 0.527. The molecule has 6 heteroatoms. The first kappa shape index (κ1) is 10.7. The second kappa shape index (κ2) is 3.43. The molecular formula is C3H8KO4P. The summed E-state index contributed by atoms with van der Waals surface area (Å²) in [5.74, 6) is -0.817. The minimum absolute atomic E-state index is 0. The Balaban J connectivity index is 0.000000640. The SMILES string of the molecule is C[C@@H]1O[C@@H]1P(=O)(O)O.[KH]. The second-order valence-electron chi connectivity index (χ2n) is 1.82. The predicted molar refractivity (Wildman–Crippen MR) is 33.5 cm³/mol. The van der Waals surface area contributed by atoms with Crippen LogP contribution in [-0.2, 0) is 9.30 Å². The van der Waals surface area contributed by atoms with Gasteiger partial charge in [0.2, 0.25) is 0 Å². The van der Waals surface area contributed by atoms with Crippen LogP contribution in [-0.4, -0.2) is 73.1 Å². The molecule has 1 saturated heterocycles. The molecule has 0 unspecified atom stereocenters. The van der Waals surface area contributed by atoms with Gasteiger partial charge in [0.15, 0.2) is 5.85 Å².